The average Bonchev–Trinajstić information content (AvgIpc) is 3.28. The second-order valence-electron chi connectivity index (χ2n) is 6.57. The monoisotopic (exact) mass is 418 g/mol. The van der Waals surface area contributed by atoms with E-state index in [1.54, 1.807) is 6.07 Å². The van der Waals surface area contributed by atoms with E-state index in [1.807, 2.05) is 18.2 Å². The first-order chi connectivity index (χ1) is 14.0. The van der Waals surface area contributed by atoms with Gasteiger partial charge in [0.05, 0.1) is 6.33 Å². The first kappa shape index (κ1) is 19.5. The third-order valence-corrected chi connectivity index (χ3v) is 4.96. The maximum absolute atomic E-state index is 11.9. The Balaban J connectivity index is 1.60. The van der Waals surface area contributed by atoms with Crippen molar-refractivity contribution in [3.05, 3.63) is 47.5 Å². The summed E-state index contributed by atoms with van der Waals surface area (Å²) in [6.07, 6.45) is -2.13. The number of hydrogen-bond acceptors (Lipinski definition) is 8. The Morgan fingerprint density at radius 3 is 2.86 bits per heavy atom. The number of imidazole rings is 1. The Hall–Kier alpha value is -2.79. The topological polar surface area (TPSA) is 134 Å². The molecule has 152 valence electrons. The van der Waals surface area contributed by atoms with Crippen LogP contribution in [0.15, 0.2) is 36.9 Å². The van der Waals surface area contributed by atoms with Gasteiger partial charge >= 0.3 is 0 Å². The molecule has 1 aromatic carbocycles. The molecule has 1 saturated heterocycles. The lowest BCUT2D eigenvalue weighted by molar-refractivity contribution is -0.137. The summed E-state index contributed by atoms with van der Waals surface area (Å²) >= 11 is 6.01. The van der Waals surface area contributed by atoms with E-state index < -0.39 is 30.4 Å². The number of benzene rings is 1. The molecule has 0 radical (unpaired) electrons. The number of ether oxygens (including phenoxy) is 1. The van der Waals surface area contributed by atoms with Crippen LogP contribution >= 0.6 is 11.6 Å². The highest BCUT2D eigenvalue weighted by atomic mass is 35.5. The number of amides is 1. The highest BCUT2D eigenvalue weighted by molar-refractivity contribution is 6.30. The molecule has 4 N–H and O–H groups in total. The summed E-state index contributed by atoms with van der Waals surface area (Å²) in [7, 11) is 1.43. The van der Waals surface area contributed by atoms with Crippen molar-refractivity contribution < 1.29 is 19.7 Å². The van der Waals surface area contributed by atoms with Gasteiger partial charge in [0, 0.05) is 18.6 Å². The number of carbonyl (C=O) groups excluding carboxylic acids is 1. The zero-order valence-electron chi connectivity index (χ0n) is 15.4. The Labute approximate surface area is 170 Å². The van der Waals surface area contributed by atoms with Crippen molar-refractivity contribution in [3.8, 4) is 0 Å². The van der Waals surface area contributed by atoms with Crippen LogP contribution in [-0.2, 0) is 16.1 Å². The van der Waals surface area contributed by atoms with E-state index in [-0.39, 0.29) is 0 Å². The minimum absolute atomic E-state index is 0.391. The number of likely N-dealkylation sites (N-methyl/N-ethyl adjacent to an activating group) is 1. The van der Waals surface area contributed by atoms with Crippen LogP contribution in [0.5, 0.6) is 0 Å². The van der Waals surface area contributed by atoms with Gasteiger partial charge in [0.2, 0.25) is 0 Å². The smallest absolute Gasteiger partial charge is 0.251 e. The normalized spacial score (nSPS) is 24.0. The summed E-state index contributed by atoms with van der Waals surface area (Å²) in [5.74, 6) is -0.0356. The number of carbonyl (C=O) groups is 1. The number of fused-ring (bicyclic) bond motifs is 1. The summed E-state index contributed by atoms with van der Waals surface area (Å²) < 4.78 is 7.06. The fourth-order valence-electron chi connectivity index (χ4n) is 3.25. The number of aliphatic hydroxyl groups excluding tert-OH is 2. The van der Waals surface area contributed by atoms with E-state index in [0.29, 0.717) is 28.5 Å². The molecule has 3 heterocycles. The van der Waals surface area contributed by atoms with Crippen LogP contribution < -0.4 is 10.6 Å². The molecule has 1 amide bonds. The highest BCUT2D eigenvalue weighted by Crippen LogP contribution is 2.32. The molecule has 10 nitrogen and oxygen atoms in total. The van der Waals surface area contributed by atoms with Crippen LogP contribution in [-0.4, -0.2) is 61.0 Å². The minimum atomic E-state index is -1.38. The van der Waals surface area contributed by atoms with Crippen LogP contribution in [0.3, 0.4) is 0 Å². The van der Waals surface area contributed by atoms with Gasteiger partial charge in [-0.2, -0.15) is 0 Å². The van der Waals surface area contributed by atoms with Crippen LogP contribution in [0.25, 0.3) is 11.2 Å². The molecule has 3 aromatic rings. The molecule has 1 aliphatic heterocycles. The number of anilines is 1. The first-order valence-electron chi connectivity index (χ1n) is 8.88. The van der Waals surface area contributed by atoms with Crippen molar-refractivity contribution in [2.75, 3.05) is 12.4 Å². The molecule has 4 atom stereocenters. The van der Waals surface area contributed by atoms with Gasteiger partial charge in [0.1, 0.15) is 18.5 Å². The molecule has 0 saturated carbocycles. The number of rotatable bonds is 5. The summed E-state index contributed by atoms with van der Waals surface area (Å²) in [5.41, 5.74) is 1.82. The van der Waals surface area contributed by atoms with Crippen molar-refractivity contribution in [2.45, 2.75) is 31.1 Å². The lowest BCUT2D eigenvalue weighted by atomic mass is 10.1. The van der Waals surface area contributed by atoms with E-state index >= 15 is 0 Å². The minimum Gasteiger partial charge on any atom is -0.387 e. The SMILES string of the molecule is CNC(=O)[C@@H]1O[C@H](n2cnc3c(NCc4cccc(Cl)c4)ncnc32)[C@@H](O)[C@@H]1O. The Morgan fingerprint density at radius 2 is 2.10 bits per heavy atom. The number of aromatic nitrogens is 4. The van der Waals surface area contributed by atoms with Crippen LogP contribution in [0.1, 0.15) is 11.8 Å². The van der Waals surface area contributed by atoms with E-state index in [0.717, 1.165) is 5.56 Å². The maximum atomic E-state index is 11.9. The zero-order valence-corrected chi connectivity index (χ0v) is 16.1. The lowest BCUT2D eigenvalue weighted by Gasteiger charge is -2.16. The van der Waals surface area contributed by atoms with E-state index in [2.05, 4.69) is 25.6 Å². The largest absolute Gasteiger partial charge is 0.387 e. The number of nitrogens with one attached hydrogen (secondary N) is 2. The van der Waals surface area contributed by atoms with Crippen LogP contribution in [0.4, 0.5) is 5.82 Å². The van der Waals surface area contributed by atoms with Gasteiger partial charge in [-0.3, -0.25) is 9.36 Å². The van der Waals surface area contributed by atoms with E-state index in [1.165, 1.54) is 24.3 Å². The lowest BCUT2D eigenvalue weighted by Crippen LogP contribution is -2.41. The molecule has 29 heavy (non-hydrogen) atoms. The van der Waals surface area contributed by atoms with Crippen molar-refractivity contribution in [1.82, 2.24) is 24.8 Å². The standard InChI is InChI=1S/C18H19ClN6O4/c1-20-17(28)14-12(26)13(27)18(29-14)25-8-24-11-15(22-7-23-16(11)25)21-6-9-3-2-4-10(19)5-9/h2-5,7-8,12-14,18,26-27H,6H2,1H3,(H,20,28)(H,21,22,23)/t12-,13-,14+,18-/m0/s1. The van der Waals surface area contributed by atoms with E-state index in [4.69, 9.17) is 16.3 Å². The van der Waals surface area contributed by atoms with Gasteiger partial charge < -0.3 is 25.6 Å². The fourth-order valence-corrected chi connectivity index (χ4v) is 3.46. The predicted molar refractivity (Wildman–Crippen MR) is 104 cm³/mol. The quantitative estimate of drug-likeness (QED) is 0.469. The van der Waals surface area contributed by atoms with Gasteiger partial charge in [-0.25, -0.2) is 15.0 Å². The average molecular weight is 419 g/mol. The number of aliphatic hydroxyl groups is 2. The molecule has 1 aliphatic rings. The predicted octanol–water partition coefficient (Wildman–Crippen LogP) is 0.457. The van der Waals surface area contributed by atoms with Gasteiger partial charge in [-0.15, -0.1) is 0 Å². The fraction of sp³-hybridized carbons (Fsp3) is 0.333. The third-order valence-electron chi connectivity index (χ3n) is 4.73. The summed E-state index contributed by atoms with van der Waals surface area (Å²) in [6, 6.07) is 7.42. The van der Waals surface area contributed by atoms with Crippen molar-refractivity contribution in [2.24, 2.45) is 0 Å². The summed E-state index contributed by atoms with van der Waals surface area (Å²) in [4.78, 5) is 24.6. The molecule has 0 spiro atoms. The maximum Gasteiger partial charge on any atom is 0.251 e. The molecule has 2 aromatic heterocycles. The molecular weight excluding hydrogens is 400 g/mol. The number of hydrogen-bond donors (Lipinski definition) is 4. The van der Waals surface area contributed by atoms with Gasteiger partial charge in [0.15, 0.2) is 29.3 Å². The molecule has 0 unspecified atom stereocenters. The molecular formula is C18H19ClN6O4. The molecule has 11 heteroatoms. The number of halogens is 1. The summed E-state index contributed by atoms with van der Waals surface area (Å²) in [6.45, 7) is 0.472. The van der Waals surface area contributed by atoms with Crippen molar-refractivity contribution in [1.29, 1.82) is 0 Å². The second kappa shape index (κ2) is 7.91. The van der Waals surface area contributed by atoms with Gasteiger partial charge in [-0.05, 0) is 17.7 Å². The molecule has 0 aliphatic carbocycles. The van der Waals surface area contributed by atoms with E-state index in [9.17, 15) is 15.0 Å². The second-order valence-corrected chi connectivity index (χ2v) is 7.01. The molecule has 4 rings (SSSR count). The van der Waals surface area contributed by atoms with Crippen molar-refractivity contribution in [3.63, 3.8) is 0 Å². The Morgan fingerprint density at radius 1 is 1.28 bits per heavy atom. The van der Waals surface area contributed by atoms with Gasteiger partial charge in [-0.1, -0.05) is 23.7 Å². The zero-order chi connectivity index (χ0) is 20.5. The first-order valence-corrected chi connectivity index (χ1v) is 9.26. The summed E-state index contributed by atoms with van der Waals surface area (Å²) in [5, 5.41) is 26.8. The Kier molecular flexibility index (Phi) is 5.33. The third kappa shape index (κ3) is 3.62. The van der Waals surface area contributed by atoms with Gasteiger partial charge in [0.25, 0.3) is 5.91 Å². The van der Waals surface area contributed by atoms with Crippen molar-refractivity contribution >= 4 is 34.5 Å². The molecule has 1 fully saturated rings. The highest BCUT2D eigenvalue weighted by Gasteiger charge is 2.47. The van der Waals surface area contributed by atoms with Crippen LogP contribution in [0.2, 0.25) is 5.02 Å². The number of nitrogens with zero attached hydrogens (tertiary/aromatic N) is 4. The molecule has 0 bridgehead atoms. The Bertz CT molecular complexity index is 1040. The van der Waals surface area contributed by atoms with Crippen LogP contribution in [0, 0.1) is 0 Å².